The molecule has 2 heterocycles. The number of ether oxygens (including phenoxy) is 3. The fourth-order valence-corrected chi connectivity index (χ4v) is 4.41. The van der Waals surface area contributed by atoms with Crippen LogP contribution in [0.25, 0.3) is 0 Å². The van der Waals surface area contributed by atoms with Gasteiger partial charge in [0.15, 0.2) is 12.4 Å². The van der Waals surface area contributed by atoms with Crippen LogP contribution in [0, 0.1) is 5.92 Å². The Labute approximate surface area is 203 Å². The minimum absolute atomic E-state index is 0.0442. The number of aryl methyl sites for hydroxylation is 1. The van der Waals surface area contributed by atoms with Crippen LogP contribution >= 0.6 is 0 Å². The van der Waals surface area contributed by atoms with E-state index in [2.05, 4.69) is 15.5 Å². The molecule has 2 atom stereocenters. The quantitative estimate of drug-likeness (QED) is 0.430. The number of aromatic nitrogens is 4. The van der Waals surface area contributed by atoms with E-state index in [1.54, 1.807) is 35.9 Å². The van der Waals surface area contributed by atoms with Crippen molar-refractivity contribution in [1.82, 2.24) is 20.2 Å². The first-order valence-corrected chi connectivity index (χ1v) is 11.6. The van der Waals surface area contributed by atoms with Crippen LogP contribution < -0.4 is 14.4 Å². The molecule has 1 saturated heterocycles. The van der Waals surface area contributed by atoms with Crippen molar-refractivity contribution in [2.75, 3.05) is 19.1 Å². The summed E-state index contributed by atoms with van der Waals surface area (Å²) in [6.07, 6.45) is 1.42. The van der Waals surface area contributed by atoms with Gasteiger partial charge in [0.05, 0.1) is 26.2 Å². The number of anilines is 1. The van der Waals surface area contributed by atoms with Gasteiger partial charge in [-0.3, -0.25) is 9.59 Å². The van der Waals surface area contributed by atoms with Crippen LogP contribution in [0.4, 0.5) is 5.69 Å². The average Bonchev–Trinajstić information content (AvgIpc) is 3.34. The molecule has 10 nitrogen and oxygen atoms in total. The van der Waals surface area contributed by atoms with Crippen LogP contribution in [0.2, 0.25) is 0 Å². The summed E-state index contributed by atoms with van der Waals surface area (Å²) in [7, 11) is 3.16. The Morgan fingerprint density at radius 1 is 1.09 bits per heavy atom. The highest BCUT2D eigenvalue weighted by Crippen LogP contribution is 2.43. The van der Waals surface area contributed by atoms with Gasteiger partial charge in [0.2, 0.25) is 5.91 Å². The van der Waals surface area contributed by atoms with Crippen molar-refractivity contribution in [3.8, 4) is 11.5 Å². The van der Waals surface area contributed by atoms with Gasteiger partial charge in [-0.05, 0) is 53.6 Å². The van der Waals surface area contributed by atoms with E-state index >= 15 is 0 Å². The first-order chi connectivity index (χ1) is 17.1. The van der Waals surface area contributed by atoms with Crippen molar-refractivity contribution in [3.05, 3.63) is 59.9 Å². The van der Waals surface area contributed by atoms with Crippen molar-refractivity contribution in [1.29, 1.82) is 0 Å². The number of carbonyl (C=O) groups excluding carboxylic acids is 2. The van der Waals surface area contributed by atoms with Crippen LogP contribution in [0.15, 0.2) is 48.5 Å². The summed E-state index contributed by atoms with van der Waals surface area (Å²) in [5.74, 6) is 0.637. The summed E-state index contributed by atoms with van der Waals surface area (Å²) in [6.45, 7) is 2.60. The molecular formula is C25H29N5O5. The molecule has 1 aromatic heterocycles. The van der Waals surface area contributed by atoms with Crippen LogP contribution in [0.5, 0.6) is 11.5 Å². The Morgan fingerprint density at radius 3 is 2.57 bits per heavy atom. The molecule has 3 aromatic rings. The van der Waals surface area contributed by atoms with E-state index in [0.29, 0.717) is 36.0 Å². The van der Waals surface area contributed by atoms with Crippen LogP contribution in [0.1, 0.15) is 43.6 Å². The van der Waals surface area contributed by atoms with E-state index in [0.717, 1.165) is 12.0 Å². The number of para-hydroxylation sites is 1. The SMILES string of the molecule is CCCn1nnnc1COC(=O)[C@@H]1CCC(=O)N(c2ccc(OC)cc2)[C@@H]1c1ccccc1OC. The predicted octanol–water partition coefficient (Wildman–Crippen LogP) is 3.33. The number of amides is 1. The molecule has 0 N–H and O–H groups in total. The second-order valence-electron chi connectivity index (χ2n) is 8.22. The third-order valence-corrected chi connectivity index (χ3v) is 6.09. The lowest BCUT2D eigenvalue weighted by Crippen LogP contribution is -2.46. The number of piperidine rings is 1. The number of carbonyl (C=O) groups is 2. The van der Waals surface area contributed by atoms with E-state index in [1.165, 1.54) is 0 Å². The Bertz CT molecular complexity index is 1160. The van der Waals surface area contributed by atoms with Gasteiger partial charge in [0.1, 0.15) is 11.5 Å². The molecule has 10 heteroatoms. The lowest BCUT2D eigenvalue weighted by Gasteiger charge is -2.40. The lowest BCUT2D eigenvalue weighted by molar-refractivity contribution is -0.152. The monoisotopic (exact) mass is 479 g/mol. The Balaban J connectivity index is 1.68. The zero-order chi connectivity index (χ0) is 24.8. The first kappa shape index (κ1) is 24.2. The minimum Gasteiger partial charge on any atom is -0.497 e. The smallest absolute Gasteiger partial charge is 0.311 e. The molecule has 0 bridgehead atoms. The summed E-state index contributed by atoms with van der Waals surface area (Å²) >= 11 is 0. The second kappa shape index (κ2) is 11.0. The van der Waals surface area contributed by atoms with Crippen molar-refractivity contribution >= 4 is 17.6 Å². The van der Waals surface area contributed by atoms with E-state index in [1.807, 2.05) is 43.3 Å². The highest BCUT2D eigenvalue weighted by Gasteiger charge is 2.43. The normalized spacial score (nSPS) is 17.8. The van der Waals surface area contributed by atoms with Gasteiger partial charge in [0.25, 0.3) is 0 Å². The maximum Gasteiger partial charge on any atom is 0.311 e. The zero-order valence-electron chi connectivity index (χ0n) is 20.1. The minimum atomic E-state index is -0.611. The van der Waals surface area contributed by atoms with Gasteiger partial charge in [-0.15, -0.1) is 5.10 Å². The summed E-state index contributed by atoms with van der Waals surface area (Å²) in [4.78, 5) is 28.3. The topological polar surface area (TPSA) is 109 Å². The number of nitrogens with zero attached hydrogens (tertiary/aromatic N) is 5. The molecule has 184 valence electrons. The second-order valence-corrected chi connectivity index (χ2v) is 8.22. The lowest BCUT2D eigenvalue weighted by atomic mass is 9.83. The van der Waals surface area contributed by atoms with Crippen molar-refractivity contribution in [2.45, 2.75) is 45.4 Å². The molecule has 0 spiro atoms. The molecule has 0 radical (unpaired) electrons. The van der Waals surface area contributed by atoms with E-state index in [4.69, 9.17) is 14.2 Å². The Kier molecular flexibility index (Phi) is 7.59. The number of hydrogen-bond acceptors (Lipinski definition) is 8. The van der Waals surface area contributed by atoms with Gasteiger partial charge in [-0.1, -0.05) is 25.1 Å². The molecule has 0 unspecified atom stereocenters. The number of tetrazole rings is 1. The third-order valence-electron chi connectivity index (χ3n) is 6.09. The maximum atomic E-state index is 13.4. The molecular weight excluding hydrogens is 450 g/mol. The summed E-state index contributed by atoms with van der Waals surface area (Å²) in [5, 5.41) is 11.6. The number of rotatable bonds is 9. The number of hydrogen-bond donors (Lipinski definition) is 0. The Hall–Kier alpha value is -3.95. The van der Waals surface area contributed by atoms with Crippen molar-refractivity contribution in [2.24, 2.45) is 5.92 Å². The van der Waals surface area contributed by atoms with Gasteiger partial charge >= 0.3 is 5.97 Å². The molecule has 35 heavy (non-hydrogen) atoms. The van der Waals surface area contributed by atoms with Gasteiger partial charge in [0, 0.05) is 24.2 Å². The number of methoxy groups -OCH3 is 2. The maximum absolute atomic E-state index is 13.4. The molecule has 4 rings (SSSR count). The summed E-state index contributed by atoms with van der Waals surface area (Å²) in [6, 6.07) is 14.0. The number of benzene rings is 2. The van der Waals surface area contributed by atoms with Gasteiger partial charge in [-0.25, -0.2) is 4.68 Å². The van der Waals surface area contributed by atoms with Gasteiger partial charge < -0.3 is 19.1 Å². The fraction of sp³-hybridized carbons (Fsp3) is 0.400. The van der Waals surface area contributed by atoms with Crippen molar-refractivity contribution < 1.29 is 23.8 Å². The molecule has 1 amide bonds. The number of esters is 1. The van der Waals surface area contributed by atoms with E-state index in [-0.39, 0.29) is 18.9 Å². The van der Waals surface area contributed by atoms with Crippen LogP contribution in [0.3, 0.4) is 0 Å². The molecule has 0 aliphatic carbocycles. The molecule has 1 fully saturated rings. The predicted molar refractivity (Wildman–Crippen MR) is 127 cm³/mol. The summed E-state index contributed by atoms with van der Waals surface area (Å²) in [5.41, 5.74) is 1.40. The van der Waals surface area contributed by atoms with E-state index in [9.17, 15) is 9.59 Å². The molecule has 1 aliphatic rings. The zero-order valence-corrected chi connectivity index (χ0v) is 20.1. The average molecular weight is 480 g/mol. The Morgan fingerprint density at radius 2 is 1.86 bits per heavy atom. The van der Waals surface area contributed by atoms with Crippen LogP contribution in [-0.2, 0) is 27.5 Å². The highest BCUT2D eigenvalue weighted by atomic mass is 16.5. The highest BCUT2D eigenvalue weighted by molar-refractivity contribution is 5.97. The third kappa shape index (κ3) is 5.11. The first-order valence-electron chi connectivity index (χ1n) is 11.6. The largest absolute Gasteiger partial charge is 0.497 e. The van der Waals surface area contributed by atoms with Crippen molar-refractivity contribution in [3.63, 3.8) is 0 Å². The molecule has 2 aromatic carbocycles. The molecule has 1 aliphatic heterocycles. The van der Waals surface area contributed by atoms with Crippen LogP contribution in [-0.4, -0.2) is 46.3 Å². The fourth-order valence-electron chi connectivity index (χ4n) is 4.41. The van der Waals surface area contributed by atoms with Gasteiger partial charge in [-0.2, -0.15) is 0 Å². The molecule has 0 saturated carbocycles. The van der Waals surface area contributed by atoms with E-state index < -0.39 is 17.9 Å². The standard InChI is InChI=1S/C25H29N5O5/c1-4-15-29-22(26-27-28-29)16-35-25(32)20-13-14-23(31)30(17-9-11-18(33-2)12-10-17)24(20)19-7-5-6-8-21(19)34-3/h5-12,20,24H,4,13-16H2,1-3H3/t20-,24-/m1/s1. The summed E-state index contributed by atoms with van der Waals surface area (Å²) < 4.78 is 18.2.